The van der Waals surface area contributed by atoms with Crippen LogP contribution in [0.4, 0.5) is 13.2 Å². The van der Waals surface area contributed by atoms with E-state index < -0.39 is 17.2 Å². The number of aliphatic hydroxyl groups excluding tert-OH is 1. The molecule has 5 atom stereocenters. The van der Waals surface area contributed by atoms with Gasteiger partial charge in [0.25, 0.3) is 0 Å². The Labute approximate surface area is 211 Å². The molecule has 0 radical (unpaired) electrons. The van der Waals surface area contributed by atoms with E-state index in [9.17, 15) is 23.4 Å². The van der Waals surface area contributed by atoms with E-state index in [1.807, 2.05) is 30.3 Å². The average molecular weight is 503 g/mol. The second-order valence-corrected chi connectivity index (χ2v) is 11.4. The van der Waals surface area contributed by atoms with Crippen LogP contribution in [0.5, 0.6) is 5.75 Å². The Morgan fingerprint density at radius 1 is 1.03 bits per heavy atom. The minimum Gasteiger partial charge on any atom is -0.489 e. The van der Waals surface area contributed by atoms with Crippen LogP contribution in [-0.2, 0) is 19.4 Å². The van der Waals surface area contributed by atoms with Gasteiger partial charge in [0.15, 0.2) is 5.60 Å². The predicted octanol–water partition coefficient (Wildman–Crippen LogP) is 6.73. The molecule has 0 bridgehead atoms. The highest BCUT2D eigenvalue weighted by molar-refractivity contribution is 5.47. The first kappa shape index (κ1) is 25.6. The topological polar surface area (TPSA) is 49.7 Å². The minimum absolute atomic E-state index is 0.122. The van der Waals surface area contributed by atoms with Gasteiger partial charge in [0.1, 0.15) is 12.4 Å². The molecule has 2 N–H and O–H groups in total. The largest absolute Gasteiger partial charge is 0.489 e. The number of aryl methyl sites for hydroxylation is 2. The normalized spacial score (nSPS) is 31.4. The highest BCUT2D eigenvalue weighted by atomic mass is 19.4. The molecule has 3 nitrogen and oxygen atoms in total. The molecule has 0 aromatic heterocycles. The third-order valence-corrected chi connectivity index (χ3v) is 9.62. The molecule has 0 aliphatic heterocycles. The summed E-state index contributed by atoms with van der Waals surface area (Å²) in [7, 11) is 0. The first-order valence-electron chi connectivity index (χ1n) is 13.4. The van der Waals surface area contributed by atoms with E-state index in [4.69, 9.17) is 4.74 Å². The fourth-order valence-electron chi connectivity index (χ4n) is 7.62. The van der Waals surface area contributed by atoms with Crippen LogP contribution >= 0.6 is 0 Å². The van der Waals surface area contributed by atoms with Crippen molar-refractivity contribution in [1.82, 2.24) is 0 Å². The average Bonchev–Trinajstić information content (AvgIpc) is 3.15. The van der Waals surface area contributed by atoms with Crippen LogP contribution < -0.4 is 4.74 Å². The van der Waals surface area contributed by atoms with E-state index in [1.54, 1.807) is 6.92 Å². The van der Waals surface area contributed by atoms with E-state index in [-0.39, 0.29) is 30.8 Å². The summed E-state index contributed by atoms with van der Waals surface area (Å²) in [6.07, 6.45) is 0.758. The number of aliphatic hydroxyl groups is 2. The van der Waals surface area contributed by atoms with E-state index >= 15 is 0 Å². The number of ether oxygens (including phenoxy) is 1. The molecule has 0 heterocycles. The van der Waals surface area contributed by atoms with Crippen molar-refractivity contribution in [1.29, 1.82) is 0 Å². The molecule has 196 valence electrons. The Morgan fingerprint density at radius 3 is 2.53 bits per heavy atom. The first-order chi connectivity index (χ1) is 17.2. The van der Waals surface area contributed by atoms with E-state index in [2.05, 4.69) is 12.1 Å². The van der Waals surface area contributed by atoms with Gasteiger partial charge in [0.2, 0.25) is 0 Å². The van der Waals surface area contributed by atoms with Crippen LogP contribution in [0, 0.1) is 17.3 Å². The van der Waals surface area contributed by atoms with Crippen LogP contribution in [-0.4, -0.2) is 28.6 Å². The van der Waals surface area contributed by atoms with E-state index in [1.165, 1.54) is 11.1 Å². The van der Waals surface area contributed by atoms with Crippen molar-refractivity contribution in [2.75, 3.05) is 6.61 Å². The summed E-state index contributed by atoms with van der Waals surface area (Å²) in [6.45, 7) is 2.32. The molecular weight excluding hydrogens is 465 g/mol. The smallest absolute Gasteiger partial charge is 0.417 e. The lowest BCUT2D eigenvalue weighted by Crippen LogP contribution is -2.58. The van der Waals surface area contributed by atoms with Gasteiger partial charge in [-0.1, -0.05) is 43.3 Å². The third-order valence-electron chi connectivity index (χ3n) is 9.62. The van der Waals surface area contributed by atoms with Crippen molar-refractivity contribution in [3.63, 3.8) is 0 Å². The highest BCUT2D eigenvalue weighted by Gasteiger charge is 2.71. The summed E-state index contributed by atoms with van der Waals surface area (Å²) >= 11 is 0. The molecule has 2 aromatic rings. The van der Waals surface area contributed by atoms with Gasteiger partial charge in [-0.2, -0.15) is 13.2 Å². The molecule has 2 saturated carbocycles. The molecule has 6 heteroatoms. The Hall–Kier alpha value is -2.05. The maximum absolute atomic E-state index is 14.0. The zero-order chi connectivity index (χ0) is 25.6. The summed E-state index contributed by atoms with van der Waals surface area (Å²) in [4.78, 5) is 0. The first-order valence-corrected chi connectivity index (χ1v) is 13.4. The van der Waals surface area contributed by atoms with Gasteiger partial charge in [-0.05, 0) is 104 Å². The maximum Gasteiger partial charge on any atom is 0.417 e. The van der Waals surface area contributed by atoms with Gasteiger partial charge in [0, 0.05) is 12.0 Å². The zero-order valence-electron chi connectivity index (χ0n) is 21.0. The molecule has 2 fully saturated rings. The lowest BCUT2D eigenvalue weighted by molar-refractivity contribution is -0.300. The van der Waals surface area contributed by atoms with Crippen molar-refractivity contribution in [2.45, 2.75) is 89.0 Å². The van der Waals surface area contributed by atoms with Gasteiger partial charge in [-0.15, -0.1) is 0 Å². The van der Waals surface area contributed by atoms with Crippen molar-refractivity contribution in [3.05, 3.63) is 64.7 Å². The number of hydrogen-bond donors (Lipinski definition) is 2. The summed E-state index contributed by atoms with van der Waals surface area (Å²) in [6, 6.07) is 14.5. The van der Waals surface area contributed by atoms with Crippen molar-refractivity contribution in [2.24, 2.45) is 17.3 Å². The SMILES string of the molecule is C[C@]12CC[C@@H]3c4cc(CCCCO)c(OCc5ccccc5)cc4CC[C@H]3[C@@H]1CCC2(O)C(F)(F)F. The van der Waals surface area contributed by atoms with Gasteiger partial charge >= 0.3 is 6.18 Å². The number of benzene rings is 2. The number of rotatable bonds is 7. The lowest BCUT2D eigenvalue weighted by Gasteiger charge is -2.53. The monoisotopic (exact) mass is 502 g/mol. The zero-order valence-corrected chi connectivity index (χ0v) is 21.0. The second-order valence-electron chi connectivity index (χ2n) is 11.4. The molecular formula is C30H37F3O3. The minimum atomic E-state index is -4.60. The fraction of sp³-hybridized carbons (Fsp3) is 0.600. The molecule has 0 saturated heterocycles. The van der Waals surface area contributed by atoms with E-state index in [0.29, 0.717) is 25.9 Å². The van der Waals surface area contributed by atoms with Crippen molar-refractivity contribution >= 4 is 0 Å². The van der Waals surface area contributed by atoms with Crippen LogP contribution in [0.25, 0.3) is 0 Å². The summed E-state index contributed by atoms with van der Waals surface area (Å²) in [5, 5.41) is 20.2. The number of fused-ring (bicyclic) bond motifs is 5. The van der Waals surface area contributed by atoms with Gasteiger partial charge in [0.05, 0.1) is 0 Å². The molecule has 5 rings (SSSR count). The Bertz CT molecular complexity index is 1070. The van der Waals surface area contributed by atoms with E-state index in [0.717, 1.165) is 49.0 Å². The summed E-state index contributed by atoms with van der Waals surface area (Å²) < 4.78 is 48.2. The molecule has 36 heavy (non-hydrogen) atoms. The quantitative estimate of drug-likeness (QED) is 0.413. The van der Waals surface area contributed by atoms with Gasteiger partial charge in [-0.25, -0.2) is 0 Å². The Morgan fingerprint density at radius 2 is 1.81 bits per heavy atom. The van der Waals surface area contributed by atoms with Crippen molar-refractivity contribution < 1.29 is 28.1 Å². The second kappa shape index (κ2) is 9.68. The standard InChI is InChI=1S/C30H37F3O3/c1-28-14-12-23-24(26(28)13-15-29(28,35)30(31,32)33)11-10-21-18-27(36-19-20-7-3-2-4-8-20)22(17-25(21)23)9-5-6-16-34/h2-4,7-8,17-18,23-24,26,34-35H,5-6,9-16,19H2,1H3/t23-,24+,26-,28-,29?/m0/s1. The number of alkyl halides is 3. The summed E-state index contributed by atoms with van der Waals surface area (Å²) in [5.41, 5.74) is 1.03. The van der Waals surface area contributed by atoms with Gasteiger partial charge in [-0.3, -0.25) is 0 Å². The third kappa shape index (κ3) is 4.24. The molecule has 1 unspecified atom stereocenters. The van der Waals surface area contributed by atoms with Crippen molar-refractivity contribution in [3.8, 4) is 5.75 Å². The Balaban J connectivity index is 1.43. The number of unbranched alkanes of at least 4 members (excludes halogenated alkanes) is 1. The molecule has 0 amide bonds. The summed E-state index contributed by atoms with van der Waals surface area (Å²) in [5.74, 6) is 1.14. The number of hydrogen-bond acceptors (Lipinski definition) is 3. The van der Waals surface area contributed by atoms with Crippen LogP contribution in [0.1, 0.15) is 80.0 Å². The molecule has 0 spiro atoms. The fourth-order valence-corrected chi connectivity index (χ4v) is 7.62. The molecule has 2 aromatic carbocycles. The van der Waals surface area contributed by atoms with Crippen LogP contribution in [0.15, 0.2) is 42.5 Å². The maximum atomic E-state index is 14.0. The van der Waals surface area contributed by atoms with Gasteiger partial charge < -0.3 is 14.9 Å². The molecule has 3 aliphatic carbocycles. The van der Waals surface area contributed by atoms with Crippen LogP contribution in [0.3, 0.4) is 0 Å². The van der Waals surface area contributed by atoms with Crippen LogP contribution in [0.2, 0.25) is 0 Å². The predicted molar refractivity (Wildman–Crippen MR) is 133 cm³/mol. The highest BCUT2D eigenvalue weighted by Crippen LogP contribution is 2.67. The Kier molecular flexibility index (Phi) is 6.88. The lowest BCUT2D eigenvalue weighted by atomic mass is 9.53. The number of halogens is 3. The molecule has 3 aliphatic rings.